The predicted octanol–water partition coefficient (Wildman–Crippen LogP) is 0.678. The molecule has 1 amide bonds. The Bertz CT molecular complexity index is 718. The molecular weight excluding hydrogens is 304 g/mol. The first-order chi connectivity index (χ1) is 11.5. The third kappa shape index (κ3) is 3.21. The molecule has 1 aliphatic rings. The third-order valence-electron chi connectivity index (χ3n) is 4.85. The van der Waals surface area contributed by atoms with Crippen molar-refractivity contribution in [2.45, 2.75) is 25.8 Å². The molecule has 0 spiro atoms. The van der Waals surface area contributed by atoms with E-state index in [1.165, 1.54) is 5.56 Å². The van der Waals surface area contributed by atoms with Crippen LogP contribution in [0.3, 0.4) is 0 Å². The highest BCUT2D eigenvalue weighted by Gasteiger charge is 2.38. The molecule has 0 aliphatic carbocycles. The van der Waals surface area contributed by atoms with E-state index in [1.807, 2.05) is 31.2 Å². The van der Waals surface area contributed by atoms with Gasteiger partial charge < -0.3 is 5.32 Å². The highest BCUT2D eigenvalue weighted by Crippen LogP contribution is 2.33. The van der Waals surface area contributed by atoms with Crippen molar-refractivity contribution in [3.63, 3.8) is 0 Å². The van der Waals surface area contributed by atoms with Crippen LogP contribution in [-0.4, -0.2) is 50.5 Å². The Morgan fingerprint density at radius 2 is 2.08 bits per heavy atom. The summed E-state index contributed by atoms with van der Waals surface area (Å²) in [7, 11) is 5.58. The van der Waals surface area contributed by atoms with Gasteiger partial charge in [0.05, 0.1) is 17.8 Å². The summed E-state index contributed by atoms with van der Waals surface area (Å²) in [5.74, 6) is 0.245. The Balaban J connectivity index is 1.80. The average molecular weight is 330 g/mol. The van der Waals surface area contributed by atoms with Gasteiger partial charge >= 0.3 is 0 Å². The first-order valence-corrected chi connectivity index (χ1v) is 8.45. The number of hydrogen-bond donors (Lipinski definition) is 1. The van der Waals surface area contributed by atoms with E-state index >= 15 is 0 Å². The number of aromatic nitrogens is 4. The number of nitrogens with one attached hydrogen (secondary N) is 1. The second-order valence-corrected chi connectivity index (χ2v) is 6.60. The maximum atomic E-state index is 12.3. The zero-order valence-corrected chi connectivity index (χ0v) is 14.9. The summed E-state index contributed by atoms with van der Waals surface area (Å²) in [6.45, 7) is 4.59. The molecule has 0 aromatic carbocycles. The van der Waals surface area contributed by atoms with E-state index in [0.717, 1.165) is 37.3 Å². The van der Waals surface area contributed by atoms with E-state index < -0.39 is 0 Å². The lowest BCUT2D eigenvalue weighted by atomic mass is 9.90. The molecule has 24 heavy (non-hydrogen) atoms. The fraction of sp³-hybridized carbons (Fsp3) is 0.588. The lowest BCUT2D eigenvalue weighted by molar-refractivity contribution is -0.124. The summed E-state index contributed by atoms with van der Waals surface area (Å²) in [5, 5.41) is 11.6. The number of carbonyl (C=O) groups is 1. The quantitative estimate of drug-likeness (QED) is 0.875. The van der Waals surface area contributed by atoms with Crippen molar-refractivity contribution in [3.05, 3.63) is 35.4 Å². The first kappa shape index (κ1) is 16.7. The van der Waals surface area contributed by atoms with E-state index in [9.17, 15) is 4.79 Å². The molecular formula is C17H26N6O. The van der Waals surface area contributed by atoms with E-state index in [4.69, 9.17) is 0 Å². The van der Waals surface area contributed by atoms with Crippen LogP contribution in [0.15, 0.2) is 18.6 Å². The second-order valence-electron chi connectivity index (χ2n) is 6.60. The Hall–Kier alpha value is -2.15. The minimum absolute atomic E-state index is 0.0408. The lowest BCUT2D eigenvalue weighted by Crippen LogP contribution is -2.32. The van der Waals surface area contributed by atoms with Gasteiger partial charge in [-0.15, -0.1) is 0 Å². The Kier molecular flexibility index (Phi) is 4.71. The van der Waals surface area contributed by atoms with E-state index in [0.29, 0.717) is 0 Å². The summed E-state index contributed by atoms with van der Waals surface area (Å²) in [6.07, 6.45) is 6.91. The largest absolute Gasteiger partial charge is 0.359 e. The Morgan fingerprint density at radius 3 is 2.71 bits per heavy atom. The van der Waals surface area contributed by atoms with Gasteiger partial charge in [-0.1, -0.05) is 6.92 Å². The number of nitrogens with zero attached hydrogens (tertiary/aromatic N) is 5. The van der Waals surface area contributed by atoms with Crippen LogP contribution in [0.2, 0.25) is 0 Å². The Morgan fingerprint density at radius 1 is 1.29 bits per heavy atom. The van der Waals surface area contributed by atoms with Crippen LogP contribution in [0, 0.1) is 5.92 Å². The van der Waals surface area contributed by atoms with Gasteiger partial charge in [0.2, 0.25) is 5.91 Å². The van der Waals surface area contributed by atoms with Crippen LogP contribution in [0.1, 0.15) is 29.7 Å². The molecule has 0 bridgehead atoms. The van der Waals surface area contributed by atoms with E-state index in [2.05, 4.69) is 33.5 Å². The topological polar surface area (TPSA) is 68.0 Å². The van der Waals surface area contributed by atoms with Gasteiger partial charge in [-0.25, -0.2) is 0 Å². The van der Waals surface area contributed by atoms with Gasteiger partial charge in [0.25, 0.3) is 0 Å². The summed E-state index contributed by atoms with van der Waals surface area (Å²) < 4.78 is 3.67. The number of rotatable bonds is 5. The molecule has 3 rings (SSSR count). The zero-order valence-electron chi connectivity index (χ0n) is 14.9. The average Bonchev–Trinajstić information content (AvgIpc) is 3.25. The molecule has 0 saturated carbocycles. The molecule has 7 heteroatoms. The van der Waals surface area contributed by atoms with E-state index in [-0.39, 0.29) is 17.7 Å². The minimum atomic E-state index is -0.0408. The van der Waals surface area contributed by atoms with Crippen molar-refractivity contribution in [2.75, 3.05) is 20.1 Å². The monoisotopic (exact) mass is 330 g/mol. The molecule has 1 fully saturated rings. The molecule has 1 saturated heterocycles. The minimum Gasteiger partial charge on any atom is -0.359 e. The van der Waals surface area contributed by atoms with Crippen LogP contribution < -0.4 is 5.32 Å². The van der Waals surface area contributed by atoms with Crippen LogP contribution in [0.4, 0.5) is 0 Å². The number of carbonyl (C=O) groups excluding carboxylic acids is 1. The van der Waals surface area contributed by atoms with Crippen molar-refractivity contribution in [3.8, 4) is 0 Å². The summed E-state index contributed by atoms with van der Waals surface area (Å²) in [6, 6.07) is 0. The van der Waals surface area contributed by atoms with E-state index in [1.54, 1.807) is 11.7 Å². The zero-order chi connectivity index (χ0) is 17.3. The fourth-order valence-electron chi connectivity index (χ4n) is 3.69. The smallest absolute Gasteiger partial charge is 0.224 e. The maximum absolute atomic E-state index is 12.3. The third-order valence-corrected chi connectivity index (χ3v) is 4.85. The molecule has 1 N–H and O–H groups in total. The van der Waals surface area contributed by atoms with Crippen molar-refractivity contribution in [2.24, 2.45) is 20.0 Å². The fourth-order valence-corrected chi connectivity index (χ4v) is 3.69. The molecule has 7 nitrogen and oxygen atoms in total. The summed E-state index contributed by atoms with van der Waals surface area (Å²) >= 11 is 0. The first-order valence-electron chi connectivity index (χ1n) is 8.45. The molecule has 2 aromatic rings. The molecule has 0 radical (unpaired) electrons. The van der Waals surface area contributed by atoms with Gasteiger partial charge in [-0.3, -0.25) is 19.1 Å². The molecule has 2 atom stereocenters. The molecule has 130 valence electrons. The number of hydrogen-bond acceptors (Lipinski definition) is 4. The van der Waals surface area contributed by atoms with Crippen molar-refractivity contribution in [1.29, 1.82) is 0 Å². The number of likely N-dealkylation sites (tertiary alicyclic amines) is 1. The highest BCUT2D eigenvalue weighted by molar-refractivity contribution is 5.80. The molecule has 2 aromatic heterocycles. The van der Waals surface area contributed by atoms with Crippen molar-refractivity contribution >= 4 is 5.91 Å². The van der Waals surface area contributed by atoms with Gasteiger partial charge in [-0.05, 0) is 12.0 Å². The van der Waals surface area contributed by atoms with Crippen molar-refractivity contribution in [1.82, 2.24) is 29.8 Å². The van der Waals surface area contributed by atoms with Gasteiger partial charge in [0.1, 0.15) is 0 Å². The second kappa shape index (κ2) is 6.76. The normalized spacial score (nSPS) is 21.3. The highest BCUT2D eigenvalue weighted by atomic mass is 16.1. The summed E-state index contributed by atoms with van der Waals surface area (Å²) in [4.78, 5) is 14.7. The van der Waals surface area contributed by atoms with Gasteiger partial charge in [0.15, 0.2) is 0 Å². The van der Waals surface area contributed by atoms with Gasteiger partial charge in [-0.2, -0.15) is 10.2 Å². The van der Waals surface area contributed by atoms with Crippen molar-refractivity contribution < 1.29 is 4.79 Å². The van der Waals surface area contributed by atoms with Crippen LogP contribution >= 0.6 is 0 Å². The van der Waals surface area contributed by atoms with Crippen LogP contribution in [0.5, 0.6) is 0 Å². The molecule has 1 aliphatic heterocycles. The SMILES string of the molecule is CCc1nn(C)cc1CN1C[C@H](C(=O)NC)[C@@H](c2cnn(C)c2)C1. The summed E-state index contributed by atoms with van der Waals surface area (Å²) in [5.41, 5.74) is 3.52. The number of amides is 1. The predicted molar refractivity (Wildman–Crippen MR) is 91.4 cm³/mol. The van der Waals surface area contributed by atoms with Crippen LogP contribution in [-0.2, 0) is 31.9 Å². The maximum Gasteiger partial charge on any atom is 0.224 e. The number of aryl methyl sites for hydroxylation is 3. The molecule has 0 unspecified atom stereocenters. The molecule has 3 heterocycles. The standard InChI is InChI=1S/C17H26N6O/c1-5-16-13(8-22(4)20-16)9-23-10-14(12-6-19-21(3)7-12)15(11-23)17(24)18-2/h6-8,14-15H,5,9-11H2,1-4H3,(H,18,24)/t14-,15+/m1/s1. The lowest BCUT2D eigenvalue weighted by Gasteiger charge is -2.15. The van der Waals surface area contributed by atoms with Crippen LogP contribution in [0.25, 0.3) is 0 Å². The van der Waals surface area contributed by atoms with Gasteiger partial charge in [0, 0.05) is 64.7 Å². The Labute approximate surface area is 142 Å².